The van der Waals surface area contributed by atoms with Crippen molar-refractivity contribution >= 4 is 0 Å². The fourth-order valence-electron chi connectivity index (χ4n) is 2.86. The van der Waals surface area contributed by atoms with Crippen molar-refractivity contribution in [1.82, 2.24) is 0 Å². The zero-order chi connectivity index (χ0) is 13.0. The predicted octanol–water partition coefficient (Wildman–Crippen LogP) is 3.38. The maximum atomic E-state index is 5.49. The first-order valence-corrected chi connectivity index (χ1v) is 6.73. The number of benzene rings is 1. The van der Waals surface area contributed by atoms with Gasteiger partial charge < -0.3 is 4.74 Å². The van der Waals surface area contributed by atoms with Crippen molar-refractivity contribution in [3.8, 4) is 5.75 Å². The van der Waals surface area contributed by atoms with E-state index in [0.717, 1.165) is 17.2 Å². The Labute approximate surface area is 109 Å². The largest absolute Gasteiger partial charge is 0.496 e. The maximum Gasteiger partial charge on any atom is 0.122 e. The number of ether oxygens (including phenoxy) is 1. The fourth-order valence-corrected chi connectivity index (χ4v) is 2.86. The molecule has 3 nitrogen and oxygen atoms in total. The average molecular weight is 249 g/mol. The molecule has 0 aromatic heterocycles. The van der Waals surface area contributed by atoms with E-state index in [1.165, 1.54) is 31.2 Å². The van der Waals surface area contributed by atoms with Crippen molar-refractivity contribution in [2.75, 3.05) is 7.11 Å². The molecule has 1 aliphatic rings. The summed E-state index contributed by atoms with van der Waals surface area (Å²) in [5.41, 5.74) is 2.44. The number of hydrogen-bond acceptors (Lipinski definition) is 3. The van der Waals surface area contributed by atoms with E-state index in [0.29, 0.717) is 12.5 Å². The van der Waals surface area contributed by atoms with E-state index in [-0.39, 0.29) is 0 Å². The molecule has 1 aliphatic carbocycles. The highest BCUT2D eigenvalue weighted by atomic mass is 16.6. The molecule has 3 heteroatoms. The van der Waals surface area contributed by atoms with Crippen molar-refractivity contribution < 1.29 is 9.57 Å². The molecule has 2 rings (SSSR count). The zero-order valence-electron chi connectivity index (χ0n) is 11.3. The Kier molecular flexibility index (Phi) is 4.61. The highest BCUT2D eigenvalue weighted by Crippen LogP contribution is 2.39. The Morgan fingerprint density at radius 2 is 1.94 bits per heavy atom. The second-order valence-corrected chi connectivity index (χ2v) is 5.34. The summed E-state index contributed by atoms with van der Waals surface area (Å²) in [4.78, 5) is 4.72. The Hall–Kier alpha value is -1.06. The first-order chi connectivity index (χ1) is 8.74. The topological polar surface area (TPSA) is 44.5 Å². The summed E-state index contributed by atoms with van der Waals surface area (Å²) in [6.45, 7) is 2.80. The number of nitrogens with two attached hydrogens (primary N) is 1. The Morgan fingerprint density at radius 1 is 1.22 bits per heavy atom. The van der Waals surface area contributed by atoms with Crippen LogP contribution in [0, 0.1) is 5.92 Å². The van der Waals surface area contributed by atoms with Crippen LogP contribution in [0.15, 0.2) is 18.2 Å². The van der Waals surface area contributed by atoms with E-state index in [2.05, 4.69) is 13.0 Å². The van der Waals surface area contributed by atoms with Gasteiger partial charge in [0.2, 0.25) is 0 Å². The van der Waals surface area contributed by atoms with Gasteiger partial charge in [0.05, 0.1) is 13.7 Å². The van der Waals surface area contributed by atoms with Crippen LogP contribution in [0.3, 0.4) is 0 Å². The smallest absolute Gasteiger partial charge is 0.122 e. The lowest BCUT2D eigenvalue weighted by molar-refractivity contribution is 0.124. The third-order valence-corrected chi connectivity index (χ3v) is 4.00. The van der Waals surface area contributed by atoms with Crippen molar-refractivity contribution in [2.45, 2.75) is 45.1 Å². The van der Waals surface area contributed by atoms with Crippen LogP contribution in [-0.2, 0) is 11.4 Å². The first kappa shape index (κ1) is 13.4. The molecular formula is C15H23NO2. The highest BCUT2D eigenvalue weighted by molar-refractivity contribution is 5.40. The molecule has 1 aromatic rings. The van der Waals surface area contributed by atoms with Gasteiger partial charge >= 0.3 is 0 Å². The van der Waals surface area contributed by atoms with Crippen LogP contribution in [0.25, 0.3) is 0 Å². The molecule has 0 atom stereocenters. The van der Waals surface area contributed by atoms with Gasteiger partial charge in [-0.05, 0) is 47.9 Å². The molecule has 0 heterocycles. The van der Waals surface area contributed by atoms with Crippen molar-refractivity contribution in [2.24, 2.45) is 11.8 Å². The quantitative estimate of drug-likeness (QED) is 0.832. The van der Waals surface area contributed by atoms with Gasteiger partial charge in [-0.2, -0.15) is 0 Å². The lowest BCUT2D eigenvalue weighted by Crippen LogP contribution is -2.12. The van der Waals surface area contributed by atoms with Gasteiger partial charge in [-0.15, -0.1) is 0 Å². The van der Waals surface area contributed by atoms with Crippen LogP contribution < -0.4 is 10.6 Å². The Balaban J connectivity index is 2.20. The lowest BCUT2D eigenvalue weighted by atomic mass is 9.79. The minimum Gasteiger partial charge on any atom is -0.496 e. The van der Waals surface area contributed by atoms with E-state index in [1.807, 2.05) is 12.1 Å². The summed E-state index contributed by atoms with van der Waals surface area (Å²) in [5.74, 6) is 7.63. The van der Waals surface area contributed by atoms with Gasteiger partial charge in [-0.1, -0.05) is 25.8 Å². The number of rotatable bonds is 4. The molecule has 18 heavy (non-hydrogen) atoms. The summed E-state index contributed by atoms with van der Waals surface area (Å²) in [7, 11) is 1.74. The lowest BCUT2D eigenvalue weighted by Gasteiger charge is -2.27. The molecule has 0 aliphatic heterocycles. The minimum atomic E-state index is 0.458. The third kappa shape index (κ3) is 3.03. The second kappa shape index (κ2) is 6.21. The molecule has 100 valence electrons. The van der Waals surface area contributed by atoms with E-state index in [1.54, 1.807) is 7.11 Å². The summed E-state index contributed by atoms with van der Waals surface area (Å²) in [6, 6.07) is 6.23. The predicted molar refractivity (Wildman–Crippen MR) is 72.3 cm³/mol. The van der Waals surface area contributed by atoms with Crippen LogP contribution in [-0.4, -0.2) is 7.11 Å². The Bertz CT molecular complexity index is 384. The molecule has 1 fully saturated rings. The van der Waals surface area contributed by atoms with Crippen molar-refractivity contribution in [3.05, 3.63) is 29.3 Å². The molecule has 2 N–H and O–H groups in total. The van der Waals surface area contributed by atoms with Crippen LogP contribution in [0.5, 0.6) is 5.75 Å². The summed E-state index contributed by atoms with van der Waals surface area (Å²) < 4.78 is 5.49. The van der Waals surface area contributed by atoms with Crippen LogP contribution >= 0.6 is 0 Å². The molecule has 1 aromatic carbocycles. The highest BCUT2D eigenvalue weighted by Gasteiger charge is 2.22. The summed E-state index contributed by atoms with van der Waals surface area (Å²) in [5, 5.41) is 0. The van der Waals surface area contributed by atoms with Gasteiger partial charge in [-0.3, -0.25) is 4.84 Å². The standard InChI is InChI=1S/C15H23NO2/c1-11-3-6-13(7-4-11)14-9-12(10-18-16)5-8-15(14)17-2/h5,8-9,11,13H,3-4,6-7,10,16H2,1-2H3. The van der Waals surface area contributed by atoms with E-state index in [4.69, 9.17) is 15.5 Å². The van der Waals surface area contributed by atoms with Gasteiger partial charge in [-0.25, -0.2) is 5.90 Å². The van der Waals surface area contributed by atoms with E-state index in [9.17, 15) is 0 Å². The molecular weight excluding hydrogens is 226 g/mol. The van der Waals surface area contributed by atoms with E-state index < -0.39 is 0 Å². The third-order valence-electron chi connectivity index (χ3n) is 4.00. The fraction of sp³-hybridized carbons (Fsp3) is 0.600. The van der Waals surface area contributed by atoms with E-state index >= 15 is 0 Å². The number of methoxy groups -OCH3 is 1. The van der Waals surface area contributed by atoms with Gasteiger partial charge in [0, 0.05) is 0 Å². The minimum absolute atomic E-state index is 0.458. The van der Waals surface area contributed by atoms with Gasteiger partial charge in [0.15, 0.2) is 0 Å². The molecule has 0 bridgehead atoms. The van der Waals surface area contributed by atoms with Crippen LogP contribution in [0.1, 0.15) is 49.7 Å². The first-order valence-electron chi connectivity index (χ1n) is 6.73. The van der Waals surface area contributed by atoms with Crippen LogP contribution in [0.4, 0.5) is 0 Å². The molecule has 1 saturated carbocycles. The van der Waals surface area contributed by atoms with Gasteiger partial charge in [0.1, 0.15) is 5.75 Å². The number of hydrogen-bond donors (Lipinski definition) is 1. The molecule has 0 amide bonds. The average Bonchev–Trinajstić information content (AvgIpc) is 2.40. The monoisotopic (exact) mass is 249 g/mol. The van der Waals surface area contributed by atoms with Crippen molar-refractivity contribution in [1.29, 1.82) is 0 Å². The Morgan fingerprint density at radius 3 is 2.56 bits per heavy atom. The van der Waals surface area contributed by atoms with Crippen molar-refractivity contribution in [3.63, 3.8) is 0 Å². The normalized spacial score (nSPS) is 23.9. The molecule has 0 saturated heterocycles. The summed E-state index contributed by atoms with van der Waals surface area (Å²) >= 11 is 0. The van der Waals surface area contributed by atoms with Gasteiger partial charge in [0.25, 0.3) is 0 Å². The molecule has 0 radical (unpaired) electrons. The summed E-state index contributed by atoms with van der Waals surface area (Å²) in [6.07, 6.45) is 5.13. The SMILES string of the molecule is COc1ccc(CON)cc1C1CCC(C)CC1. The molecule has 0 spiro atoms. The second-order valence-electron chi connectivity index (χ2n) is 5.34. The zero-order valence-corrected chi connectivity index (χ0v) is 11.3. The van der Waals surface area contributed by atoms with Crippen LogP contribution in [0.2, 0.25) is 0 Å². The molecule has 0 unspecified atom stereocenters. The maximum absolute atomic E-state index is 5.49.